The summed E-state index contributed by atoms with van der Waals surface area (Å²) in [7, 11) is 3.58. The van der Waals surface area contributed by atoms with Crippen LogP contribution in [0.15, 0.2) is 29.4 Å². The number of aryl methyl sites for hydroxylation is 1. The fraction of sp³-hybridized carbons (Fsp3) is 0.308. The number of carboxylic acids is 1. The molecule has 0 spiro atoms. The molecule has 0 aliphatic carbocycles. The van der Waals surface area contributed by atoms with Crippen LogP contribution < -0.4 is 9.47 Å². The van der Waals surface area contributed by atoms with E-state index in [9.17, 15) is 4.79 Å². The maximum Gasteiger partial charge on any atom is 0.323 e. The first kappa shape index (κ1) is 18.5. The van der Waals surface area contributed by atoms with E-state index >= 15 is 0 Å². The maximum absolute atomic E-state index is 10.7. The van der Waals surface area contributed by atoms with E-state index < -0.39 is 5.97 Å². The number of likely N-dealkylation sites (N-methyl/N-ethyl adjacent to an activating group) is 1. The summed E-state index contributed by atoms with van der Waals surface area (Å²) < 4.78 is 3.60. The fourth-order valence-electron chi connectivity index (χ4n) is 1.98. The number of hydrogen-bond donors (Lipinski definition) is 1. The summed E-state index contributed by atoms with van der Waals surface area (Å²) in [6.07, 6.45) is 0. The van der Waals surface area contributed by atoms with Crippen molar-refractivity contribution in [3.8, 4) is 5.69 Å². The van der Waals surface area contributed by atoms with Gasteiger partial charge in [0.2, 0.25) is 5.82 Å². The molecule has 0 unspecified atom stereocenters. The first-order chi connectivity index (χ1) is 9.40. The number of carbonyl (C=O) groups is 1. The zero-order chi connectivity index (χ0) is 14.9. The third-order valence-corrected chi connectivity index (χ3v) is 3.40. The Balaban J connectivity index is 0.00000220. The van der Waals surface area contributed by atoms with Gasteiger partial charge in [0.25, 0.3) is 0 Å². The summed E-state index contributed by atoms with van der Waals surface area (Å²) in [5.74, 6) is 0.0727. The van der Waals surface area contributed by atoms with Gasteiger partial charge in [0.1, 0.15) is 12.2 Å². The molecule has 0 fully saturated rings. The Kier molecular flexibility index (Phi) is 6.76. The third kappa shape index (κ3) is 4.24. The number of nitrogens with zero attached hydrogens (tertiary/aromatic N) is 4. The topological polar surface area (TPSA) is 62.2 Å². The van der Waals surface area contributed by atoms with Crippen LogP contribution in [0, 0.1) is 6.92 Å². The molecule has 2 rings (SSSR count). The predicted octanol–water partition coefficient (Wildman–Crippen LogP) is 0.0510. The van der Waals surface area contributed by atoms with Crippen molar-refractivity contribution in [2.45, 2.75) is 12.1 Å². The van der Waals surface area contributed by atoms with Crippen molar-refractivity contribution >= 4 is 75.7 Å². The molecule has 21 heavy (non-hydrogen) atoms. The average Bonchev–Trinajstić information content (AvgIpc) is 2.63. The standard InChI is InChI=1S/C13H16N4O2S.K/c1-9-16(3)14-13(20)17(9)11-6-4-10(5-7-11)15(2)8-12(18)19;/h4-7H,8H2,1-3H3,(H-,14,18,19,20);. The Morgan fingerprint density at radius 2 is 2.00 bits per heavy atom. The molecule has 0 bridgehead atoms. The summed E-state index contributed by atoms with van der Waals surface area (Å²) in [6.45, 7) is 1.90. The van der Waals surface area contributed by atoms with Gasteiger partial charge in [-0.3, -0.25) is 4.79 Å². The van der Waals surface area contributed by atoms with Crippen molar-refractivity contribution in [1.29, 1.82) is 0 Å². The molecule has 1 radical (unpaired) electrons. The number of benzene rings is 1. The number of anilines is 1. The SMILES string of the molecule is Cc1n(C)nc([S-])[n+]1-c1ccc(N(C)CC(=O)O)cc1.[K]. The van der Waals surface area contributed by atoms with Crippen molar-refractivity contribution in [3.05, 3.63) is 30.1 Å². The summed E-state index contributed by atoms with van der Waals surface area (Å²) in [6, 6.07) is 7.54. The van der Waals surface area contributed by atoms with Crippen LogP contribution in [-0.4, -0.2) is 85.8 Å². The molecule has 0 saturated heterocycles. The summed E-state index contributed by atoms with van der Waals surface area (Å²) >= 11 is 5.23. The molecule has 0 atom stereocenters. The number of rotatable bonds is 4. The smallest absolute Gasteiger partial charge is 0.323 e. The molecule has 1 aromatic heterocycles. The molecule has 1 N–H and O–H groups in total. The van der Waals surface area contributed by atoms with E-state index in [4.69, 9.17) is 17.7 Å². The number of aliphatic carboxylic acids is 1. The first-order valence-electron chi connectivity index (χ1n) is 6.06. The van der Waals surface area contributed by atoms with Crippen LogP contribution in [0.2, 0.25) is 0 Å². The molecule has 107 valence electrons. The van der Waals surface area contributed by atoms with E-state index in [0.29, 0.717) is 5.16 Å². The van der Waals surface area contributed by atoms with Gasteiger partial charge in [-0.15, -0.1) is 4.68 Å². The normalized spacial score (nSPS) is 10.0. The van der Waals surface area contributed by atoms with E-state index in [1.807, 2.05) is 42.8 Å². The van der Waals surface area contributed by atoms with E-state index in [0.717, 1.165) is 17.2 Å². The minimum absolute atomic E-state index is 0. The van der Waals surface area contributed by atoms with Gasteiger partial charge in [0.05, 0.1) is 7.05 Å². The maximum atomic E-state index is 10.7. The zero-order valence-corrected chi connectivity index (χ0v) is 16.5. The Bertz CT molecular complexity index is 642. The monoisotopic (exact) mass is 331 g/mol. The third-order valence-electron chi connectivity index (χ3n) is 3.14. The van der Waals surface area contributed by atoms with Gasteiger partial charge in [0.15, 0.2) is 5.16 Å². The van der Waals surface area contributed by atoms with E-state index in [1.54, 1.807) is 16.6 Å². The molecular weight excluding hydrogens is 315 g/mol. The summed E-state index contributed by atoms with van der Waals surface area (Å²) in [5, 5.41) is 13.5. The molecule has 6 nitrogen and oxygen atoms in total. The number of hydrogen-bond acceptors (Lipinski definition) is 4. The Morgan fingerprint density at radius 3 is 2.43 bits per heavy atom. The van der Waals surface area contributed by atoms with Crippen molar-refractivity contribution in [2.75, 3.05) is 18.5 Å². The second-order valence-electron chi connectivity index (χ2n) is 4.56. The molecule has 8 heteroatoms. The Labute approximate surface area is 171 Å². The number of aromatic nitrogens is 3. The molecule has 1 aromatic carbocycles. The molecule has 0 saturated carbocycles. The van der Waals surface area contributed by atoms with Gasteiger partial charge in [-0.05, 0) is 24.3 Å². The molecule has 0 amide bonds. The van der Waals surface area contributed by atoms with Crippen LogP contribution in [0.5, 0.6) is 0 Å². The van der Waals surface area contributed by atoms with Crippen LogP contribution in [0.3, 0.4) is 0 Å². The molecular formula is C13H16KN4O2S. The van der Waals surface area contributed by atoms with Crippen LogP contribution in [0.25, 0.3) is 5.69 Å². The molecule has 2 aromatic rings. The van der Waals surface area contributed by atoms with E-state index in [-0.39, 0.29) is 57.9 Å². The Hall–Kier alpha value is -0.514. The fourth-order valence-corrected chi connectivity index (χ4v) is 2.34. The minimum atomic E-state index is -0.859. The number of carboxylic acid groups (broad SMARTS) is 1. The van der Waals surface area contributed by atoms with Crippen LogP contribution in [0.1, 0.15) is 5.82 Å². The van der Waals surface area contributed by atoms with Crippen molar-refractivity contribution < 1.29 is 14.5 Å². The van der Waals surface area contributed by atoms with Crippen LogP contribution in [-0.2, 0) is 24.5 Å². The predicted molar refractivity (Wildman–Crippen MR) is 81.8 cm³/mol. The molecule has 0 aliphatic rings. The van der Waals surface area contributed by atoms with Gasteiger partial charge in [-0.25, -0.2) is 4.57 Å². The second-order valence-corrected chi connectivity index (χ2v) is 4.92. The minimum Gasteiger partial charge on any atom is -0.702 e. The summed E-state index contributed by atoms with van der Waals surface area (Å²) in [4.78, 5) is 12.4. The molecule has 0 aliphatic heterocycles. The van der Waals surface area contributed by atoms with Crippen LogP contribution >= 0.6 is 0 Å². The van der Waals surface area contributed by atoms with Crippen molar-refractivity contribution in [3.63, 3.8) is 0 Å². The van der Waals surface area contributed by atoms with Gasteiger partial charge in [-0.2, -0.15) is 0 Å². The summed E-state index contributed by atoms with van der Waals surface area (Å²) in [5.41, 5.74) is 1.75. The second kappa shape index (κ2) is 7.66. The Morgan fingerprint density at radius 1 is 1.43 bits per heavy atom. The van der Waals surface area contributed by atoms with Gasteiger partial charge in [-0.1, -0.05) is 0 Å². The van der Waals surface area contributed by atoms with Crippen molar-refractivity contribution in [2.24, 2.45) is 7.05 Å². The largest absolute Gasteiger partial charge is 0.702 e. The van der Waals surface area contributed by atoms with Crippen LogP contribution in [0.4, 0.5) is 5.69 Å². The van der Waals surface area contributed by atoms with Gasteiger partial charge in [0, 0.05) is 76.1 Å². The van der Waals surface area contributed by atoms with Crippen molar-refractivity contribution in [1.82, 2.24) is 9.78 Å². The van der Waals surface area contributed by atoms with E-state index in [2.05, 4.69) is 5.10 Å². The molecule has 1 heterocycles. The quantitative estimate of drug-likeness (QED) is 0.487. The van der Waals surface area contributed by atoms with E-state index in [1.165, 1.54) is 0 Å². The van der Waals surface area contributed by atoms with Gasteiger partial charge >= 0.3 is 5.97 Å². The zero-order valence-electron chi connectivity index (χ0n) is 12.6. The first-order valence-corrected chi connectivity index (χ1v) is 6.47. The van der Waals surface area contributed by atoms with Gasteiger partial charge < -0.3 is 22.6 Å². The average molecular weight is 331 g/mol.